The van der Waals surface area contributed by atoms with Crippen LogP contribution in [0.15, 0.2) is 30.3 Å². The molecule has 1 amide bonds. The first-order valence-corrected chi connectivity index (χ1v) is 8.01. The zero-order valence-corrected chi connectivity index (χ0v) is 14.2. The average molecular weight is 341 g/mol. The van der Waals surface area contributed by atoms with Crippen LogP contribution in [0.2, 0.25) is 0 Å². The third-order valence-electron chi connectivity index (χ3n) is 4.48. The molecule has 0 bridgehead atoms. The summed E-state index contributed by atoms with van der Waals surface area (Å²) in [5.74, 6) is 0.0694. The number of hydrogen-bond donors (Lipinski definition) is 1. The molecule has 23 heavy (non-hydrogen) atoms. The zero-order valence-electron chi connectivity index (χ0n) is 13.4. The molecule has 2 N–H and O–H groups in total. The molecule has 5 nitrogen and oxygen atoms in total. The molecular weight excluding hydrogens is 316 g/mol. The summed E-state index contributed by atoms with van der Waals surface area (Å²) in [7, 11) is 0. The highest BCUT2D eigenvalue weighted by atomic mass is 35.5. The molecule has 2 saturated heterocycles. The quantitative estimate of drug-likeness (QED) is 0.912. The van der Waals surface area contributed by atoms with Gasteiger partial charge in [-0.15, -0.1) is 12.4 Å². The van der Waals surface area contributed by atoms with Crippen LogP contribution >= 0.6 is 12.4 Å². The number of amides is 1. The summed E-state index contributed by atoms with van der Waals surface area (Å²) in [6.07, 6.45) is 1.33. The van der Waals surface area contributed by atoms with Gasteiger partial charge in [-0.05, 0) is 25.3 Å². The van der Waals surface area contributed by atoms with Crippen molar-refractivity contribution in [3.8, 4) is 0 Å². The Morgan fingerprint density at radius 3 is 2.70 bits per heavy atom. The van der Waals surface area contributed by atoms with Gasteiger partial charge < -0.3 is 20.1 Å². The predicted octanol–water partition coefficient (Wildman–Crippen LogP) is 1.90. The summed E-state index contributed by atoms with van der Waals surface area (Å²) < 4.78 is 11.6. The standard InChI is InChI=1S/C17H24N2O3.ClH/c1-12-10-19(17(20)16-8-7-14(9-18)22-16)15(11-21-12)13-5-3-2-4-6-13;/h2-6,12,14-16H,7-11,18H2,1H3;1H/t12?,14-,15?,16+;/m1./s1. The predicted molar refractivity (Wildman–Crippen MR) is 90.5 cm³/mol. The molecule has 2 heterocycles. The van der Waals surface area contributed by atoms with Crippen molar-refractivity contribution in [1.82, 2.24) is 4.90 Å². The highest BCUT2D eigenvalue weighted by molar-refractivity contribution is 5.85. The first-order chi connectivity index (χ1) is 10.7. The molecule has 1 aromatic carbocycles. The van der Waals surface area contributed by atoms with Crippen LogP contribution < -0.4 is 5.73 Å². The Morgan fingerprint density at radius 2 is 2.04 bits per heavy atom. The van der Waals surface area contributed by atoms with E-state index in [1.165, 1.54) is 0 Å². The maximum absolute atomic E-state index is 12.9. The molecule has 0 aliphatic carbocycles. The third kappa shape index (κ3) is 4.04. The summed E-state index contributed by atoms with van der Waals surface area (Å²) in [4.78, 5) is 14.8. The van der Waals surface area contributed by atoms with Crippen LogP contribution in [0.1, 0.15) is 31.4 Å². The SMILES string of the molecule is CC1CN(C(=O)[C@@H]2CC[C@H](CN)O2)C(c2ccccc2)CO1.Cl. The zero-order chi connectivity index (χ0) is 15.5. The van der Waals surface area contributed by atoms with E-state index < -0.39 is 0 Å². The number of benzene rings is 1. The van der Waals surface area contributed by atoms with E-state index >= 15 is 0 Å². The number of carbonyl (C=O) groups is 1. The van der Waals surface area contributed by atoms with Gasteiger partial charge in [0.05, 0.1) is 24.9 Å². The summed E-state index contributed by atoms with van der Waals surface area (Å²) >= 11 is 0. The van der Waals surface area contributed by atoms with Crippen molar-refractivity contribution in [2.45, 2.75) is 44.1 Å². The Bertz CT molecular complexity index is 514. The van der Waals surface area contributed by atoms with Gasteiger partial charge in [0.25, 0.3) is 5.91 Å². The van der Waals surface area contributed by atoms with Crippen LogP contribution in [0, 0.1) is 0 Å². The van der Waals surface area contributed by atoms with Crippen LogP contribution in [0.5, 0.6) is 0 Å². The smallest absolute Gasteiger partial charge is 0.252 e. The lowest BCUT2D eigenvalue weighted by molar-refractivity contribution is -0.155. The molecule has 2 unspecified atom stereocenters. The first-order valence-electron chi connectivity index (χ1n) is 8.01. The van der Waals surface area contributed by atoms with Crippen molar-refractivity contribution < 1.29 is 14.3 Å². The van der Waals surface area contributed by atoms with Gasteiger partial charge in [0.15, 0.2) is 0 Å². The summed E-state index contributed by atoms with van der Waals surface area (Å²) in [6, 6.07) is 10.0. The van der Waals surface area contributed by atoms with Crippen LogP contribution in [-0.4, -0.2) is 48.8 Å². The number of nitrogens with two attached hydrogens (primary N) is 1. The molecule has 2 fully saturated rings. The molecule has 0 spiro atoms. The Kier molecular flexibility index (Phi) is 6.41. The molecule has 6 heteroatoms. The monoisotopic (exact) mass is 340 g/mol. The summed E-state index contributed by atoms with van der Waals surface area (Å²) in [6.45, 7) is 3.61. The maximum Gasteiger partial charge on any atom is 0.252 e. The molecule has 3 rings (SSSR count). The molecule has 128 valence electrons. The highest BCUT2D eigenvalue weighted by Crippen LogP contribution is 2.29. The van der Waals surface area contributed by atoms with E-state index in [0.29, 0.717) is 19.7 Å². The molecular formula is C17H25ClN2O3. The number of halogens is 1. The molecule has 2 aliphatic heterocycles. The van der Waals surface area contributed by atoms with E-state index in [1.807, 2.05) is 42.2 Å². The number of rotatable bonds is 3. The van der Waals surface area contributed by atoms with Crippen molar-refractivity contribution in [2.24, 2.45) is 5.73 Å². The van der Waals surface area contributed by atoms with Gasteiger partial charge in [0.1, 0.15) is 6.10 Å². The van der Waals surface area contributed by atoms with Crippen molar-refractivity contribution >= 4 is 18.3 Å². The van der Waals surface area contributed by atoms with E-state index in [2.05, 4.69) is 0 Å². The lowest BCUT2D eigenvalue weighted by atomic mass is 10.0. The fraction of sp³-hybridized carbons (Fsp3) is 0.588. The van der Waals surface area contributed by atoms with Crippen molar-refractivity contribution in [3.05, 3.63) is 35.9 Å². The minimum Gasteiger partial charge on any atom is -0.374 e. The van der Waals surface area contributed by atoms with Crippen molar-refractivity contribution in [1.29, 1.82) is 0 Å². The Balaban J connectivity index is 0.00000192. The maximum atomic E-state index is 12.9. The van der Waals surface area contributed by atoms with E-state index in [1.54, 1.807) is 0 Å². The van der Waals surface area contributed by atoms with Crippen LogP contribution in [0.3, 0.4) is 0 Å². The van der Waals surface area contributed by atoms with Gasteiger partial charge in [-0.2, -0.15) is 0 Å². The number of morpholine rings is 1. The minimum absolute atomic E-state index is 0. The Morgan fingerprint density at radius 1 is 1.30 bits per heavy atom. The average Bonchev–Trinajstić information content (AvgIpc) is 3.04. The van der Waals surface area contributed by atoms with Gasteiger partial charge in [0.2, 0.25) is 0 Å². The van der Waals surface area contributed by atoms with E-state index in [4.69, 9.17) is 15.2 Å². The molecule has 0 radical (unpaired) electrons. The molecule has 0 aromatic heterocycles. The van der Waals surface area contributed by atoms with E-state index in [0.717, 1.165) is 18.4 Å². The van der Waals surface area contributed by atoms with Gasteiger partial charge >= 0.3 is 0 Å². The lowest BCUT2D eigenvalue weighted by Gasteiger charge is -2.40. The van der Waals surface area contributed by atoms with Crippen molar-refractivity contribution in [2.75, 3.05) is 19.7 Å². The minimum atomic E-state index is -0.356. The van der Waals surface area contributed by atoms with E-state index in [9.17, 15) is 4.79 Å². The van der Waals surface area contributed by atoms with Crippen LogP contribution in [-0.2, 0) is 14.3 Å². The topological polar surface area (TPSA) is 64.8 Å². The van der Waals surface area contributed by atoms with Gasteiger partial charge in [-0.25, -0.2) is 0 Å². The third-order valence-corrected chi connectivity index (χ3v) is 4.48. The fourth-order valence-corrected chi connectivity index (χ4v) is 3.24. The van der Waals surface area contributed by atoms with Crippen LogP contribution in [0.25, 0.3) is 0 Å². The second-order valence-electron chi connectivity index (χ2n) is 6.12. The van der Waals surface area contributed by atoms with Crippen molar-refractivity contribution in [3.63, 3.8) is 0 Å². The fourth-order valence-electron chi connectivity index (χ4n) is 3.24. The summed E-state index contributed by atoms with van der Waals surface area (Å²) in [5, 5.41) is 0. The second kappa shape index (κ2) is 8.11. The number of ether oxygens (including phenoxy) is 2. The molecule has 4 atom stereocenters. The summed E-state index contributed by atoms with van der Waals surface area (Å²) in [5.41, 5.74) is 6.75. The Labute approximate surface area is 143 Å². The first kappa shape index (κ1) is 18.2. The van der Waals surface area contributed by atoms with Gasteiger partial charge in [-0.3, -0.25) is 4.79 Å². The number of nitrogens with zero attached hydrogens (tertiary/aromatic N) is 1. The molecule has 2 aliphatic rings. The van der Waals surface area contributed by atoms with Gasteiger partial charge in [-0.1, -0.05) is 30.3 Å². The van der Waals surface area contributed by atoms with Crippen LogP contribution in [0.4, 0.5) is 0 Å². The van der Waals surface area contributed by atoms with Gasteiger partial charge in [0, 0.05) is 13.1 Å². The normalized spacial score (nSPS) is 30.8. The highest BCUT2D eigenvalue weighted by Gasteiger charge is 2.38. The second-order valence-corrected chi connectivity index (χ2v) is 6.12. The van der Waals surface area contributed by atoms with E-state index in [-0.39, 0.29) is 42.7 Å². The number of carbonyl (C=O) groups excluding carboxylic acids is 1. The number of hydrogen-bond acceptors (Lipinski definition) is 4. The Hall–Kier alpha value is -1.14. The lowest BCUT2D eigenvalue weighted by Crippen LogP contribution is -2.50. The largest absolute Gasteiger partial charge is 0.374 e. The molecule has 1 aromatic rings. The molecule has 0 saturated carbocycles.